The number of hydrogen-bond acceptors (Lipinski definition) is 1. The van der Waals surface area contributed by atoms with E-state index in [1.165, 1.54) is 72.9 Å². The third kappa shape index (κ3) is 4.26. The van der Waals surface area contributed by atoms with E-state index in [2.05, 4.69) is 64.5 Å². The van der Waals surface area contributed by atoms with E-state index in [1.807, 2.05) is 0 Å². The highest BCUT2D eigenvalue weighted by Crippen LogP contribution is 2.27. The first-order valence-corrected chi connectivity index (χ1v) is 9.25. The predicted molar refractivity (Wildman–Crippen MR) is 109 cm³/mol. The predicted octanol–water partition coefficient (Wildman–Crippen LogP) is 5.36. The minimum Gasteiger partial charge on any atom is -0.358 e. The van der Waals surface area contributed by atoms with Gasteiger partial charge in [-0.25, -0.2) is 0 Å². The van der Waals surface area contributed by atoms with Gasteiger partial charge in [-0.1, -0.05) is 48.5 Å². The second-order valence-electron chi connectivity index (χ2n) is 6.95. The molecule has 2 nitrogen and oxygen atoms in total. The van der Waals surface area contributed by atoms with E-state index in [1.54, 1.807) is 0 Å². The molecule has 0 saturated carbocycles. The standard InChI is InChI=1S/C22H26N2.ClH/c1-2-9-18(10-3-1)11-6-7-15-24-16-8-14-22-20(17-24)19-12-4-5-13-21(19)23-22;/h1-5,9-10,12-13,23H,6-8,11,14-17H2;1H. The molecule has 1 N–H and O–H groups in total. The number of H-pyrrole nitrogens is 1. The van der Waals surface area contributed by atoms with Crippen molar-refractivity contribution < 1.29 is 0 Å². The Kier molecular flexibility index (Phi) is 6.17. The van der Waals surface area contributed by atoms with E-state index in [0.29, 0.717) is 0 Å². The zero-order valence-corrected chi connectivity index (χ0v) is 15.5. The molecule has 1 aliphatic heterocycles. The van der Waals surface area contributed by atoms with Gasteiger partial charge in [-0.2, -0.15) is 0 Å². The number of aryl methyl sites for hydroxylation is 2. The molecule has 0 spiro atoms. The number of benzene rings is 2. The lowest BCUT2D eigenvalue weighted by atomic mass is 10.1. The fraction of sp³-hybridized carbons (Fsp3) is 0.364. The Hall–Kier alpha value is -1.77. The number of nitrogens with one attached hydrogen (secondary N) is 1. The smallest absolute Gasteiger partial charge is 0.0459 e. The summed E-state index contributed by atoms with van der Waals surface area (Å²) in [5.41, 5.74) is 5.76. The number of fused-ring (bicyclic) bond motifs is 3. The van der Waals surface area contributed by atoms with Gasteiger partial charge < -0.3 is 4.98 Å². The van der Waals surface area contributed by atoms with Crippen molar-refractivity contribution in [1.29, 1.82) is 0 Å². The van der Waals surface area contributed by atoms with Gasteiger partial charge in [0.25, 0.3) is 0 Å². The number of rotatable bonds is 5. The molecule has 25 heavy (non-hydrogen) atoms. The Bertz CT molecular complexity index is 794. The molecule has 0 fully saturated rings. The normalized spacial score (nSPS) is 14.7. The Morgan fingerprint density at radius 3 is 2.60 bits per heavy atom. The number of para-hydroxylation sites is 1. The first-order valence-electron chi connectivity index (χ1n) is 9.25. The molecule has 0 amide bonds. The third-order valence-corrected chi connectivity index (χ3v) is 5.22. The number of hydrogen-bond donors (Lipinski definition) is 1. The van der Waals surface area contributed by atoms with Crippen LogP contribution in [0.4, 0.5) is 0 Å². The van der Waals surface area contributed by atoms with Gasteiger partial charge in [-0.3, -0.25) is 4.90 Å². The highest BCUT2D eigenvalue weighted by Gasteiger charge is 2.18. The molecular formula is C22H27ClN2. The lowest BCUT2D eigenvalue weighted by Crippen LogP contribution is -2.24. The number of halogens is 1. The highest BCUT2D eigenvalue weighted by molar-refractivity contribution is 5.85. The third-order valence-electron chi connectivity index (χ3n) is 5.22. The second kappa shape index (κ2) is 8.55. The van der Waals surface area contributed by atoms with Gasteiger partial charge in [0.05, 0.1) is 0 Å². The second-order valence-corrected chi connectivity index (χ2v) is 6.95. The Morgan fingerprint density at radius 1 is 0.920 bits per heavy atom. The maximum atomic E-state index is 3.64. The average molecular weight is 355 g/mol. The van der Waals surface area contributed by atoms with Crippen molar-refractivity contribution >= 4 is 23.3 Å². The van der Waals surface area contributed by atoms with Gasteiger partial charge >= 0.3 is 0 Å². The SMILES string of the molecule is Cl.c1ccc(CCCCN2CCCc3[nH]c4ccccc4c3C2)cc1. The summed E-state index contributed by atoms with van der Waals surface area (Å²) in [6.45, 7) is 3.54. The molecule has 0 saturated heterocycles. The van der Waals surface area contributed by atoms with Crippen LogP contribution in [-0.4, -0.2) is 23.0 Å². The molecule has 132 valence electrons. The molecule has 0 atom stereocenters. The number of unbranched alkanes of at least 4 members (excludes halogenated alkanes) is 1. The summed E-state index contributed by atoms with van der Waals surface area (Å²) in [6.07, 6.45) is 6.21. The molecule has 0 bridgehead atoms. The van der Waals surface area contributed by atoms with Gasteiger partial charge in [0.15, 0.2) is 0 Å². The van der Waals surface area contributed by atoms with E-state index in [9.17, 15) is 0 Å². The van der Waals surface area contributed by atoms with E-state index >= 15 is 0 Å². The summed E-state index contributed by atoms with van der Waals surface area (Å²) in [5.74, 6) is 0. The van der Waals surface area contributed by atoms with Crippen LogP contribution < -0.4 is 0 Å². The molecule has 2 heterocycles. The molecular weight excluding hydrogens is 328 g/mol. The van der Waals surface area contributed by atoms with E-state index < -0.39 is 0 Å². The molecule has 0 unspecified atom stereocenters. The van der Waals surface area contributed by atoms with E-state index in [-0.39, 0.29) is 12.4 Å². The number of nitrogens with zero attached hydrogens (tertiary/aromatic N) is 1. The maximum Gasteiger partial charge on any atom is 0.0459 e. The quantitative estimate of drug-likeness (QED) is 0.611. The monoisotopic (exact) mass is 354 g/mol. The van der Waals surface area contributed by atoms with Crippen LogP contribution >= 0.6 is 12.4 Å². The van der Waals surface area contributed by atoms with E-state index in [4.69, 9.17) is 0 Å². The molecule has 1 aliphatic rings. The summed E-state index contributed by atoms with van der Waals surface area (Å²) < 4.78 is 0. The molecule has 3 heteroatoms. The van der Waals surface area contributed by atoms with Crippen LogP contribution in [0.1, 0.15) is 36.1 Å². The lowest BCUT2D eigenvalue weighted by molar-refractivity contribution is 0.265. The summed E-state index contributed by atoms with van der Waals surface area (Å²) in [5, 5.41) is 1.42. The van der Waals surface area contributed by atoms with Gasteiger partial charge in [0.1, 0.15) is 0 Å². The van der Waals surface area contributed by atoms with Crippen molar-refractivity contribution in [3.8, 4) is 0 Å². The van der Waals surface area contributed by atoms with Crippen molar-refractivity contribution in [3.63, 3.8) is 0 Å². The number of aromatic amines is 1. The summed E-state index contributed by atoms with van der Waals surface area (Å²) in [7, 11) is 0. The fourth-order valence-electron chi connectivity index (χ4n) is 3.93. The summed E-state index contributed by atoms with van der Waals surface area (Å²) in [6, 6.07) is 19.6. The van der Waals surface area contributed by atoms with Crippen LogP contribution in [0.15, 0.2) is 54.6 Å². The highest BCUT2D eigenvalue weighted by atomic mass is 35.5. The molecule has 3 aromatic rings. The minimum atomic E-state index is 0. The van der Waals surface area contributed by atoms with Crippen LogP contribution in [0, 0.1) is 0 Å². The van der Waals surface area contributed by atoms with Crippen LogP contribution in [-0.2, 0) is 19.4 Å². The van der Waals surface area contributed by atoms with Crippen LogP contribution in [0.25, 0.3) is 10.9 Å². The maximum absolute atomic E-state index is 3.64. The zero-order valence-electron chi connectivity index (χ0n) is 14.7. The van der Waals surface area contributed by atoms with E-state index in [0.717, 1.165) is 6.54 Å². The minimum absolute atomic E-state index is 0. The summed E-state index contributed by atoms with van der Waals surface area (Å²) in [4.78, 5) is 6.29. The van der Waals surface area contributed by atoms with Gasteiger partial charge in [0, 0.05) is 23.1 Å². The topological polar surface area (TPSA) is 19.0 Å². The molecule has 4 rings (SSSR count). The van der Waals surface area contributed by atoms with Crippen molar-refractivity contribution in [3.05, 3.63) is 71.4 Å². The van der Waals surface area contributed by atoms with Crippen molar-refractivity contribution in [2.45, 2.75) is 38.6 Å². The molecule has 2 aromatic carbocycles. The lowest BCUT2D eigenvalue weighted by Gasteiger charge is -2.20. The van der Waals surface area contributed by atoms with Gasteiger partial charge in [-0.05, 0) is 62.4 Å². The average Bonchev–Trinajstić information content (AvgIpc) is 2.84. The Balaban J connectivity index is 0.00000182. The molecule has 1 aromatic heterocycles. The van der Waals surface area contributed by atoms with Crippen LogP contribution in [0.2, 0.25) is 0 Å². The van der Waals surface area contributed by atoms with Gasteiger partial charge in [0.2, 0.25) is 0 Å². The molecule has 0 aliphatic carbocycles. The van der Waals surface area contributed by atoms with Gasteiger partial charge in [-0.15, -0.1) is 12.4 Å². The Morgan fingerprint density at radius 2 is 1.72 bits per heavy atom. The van der Waals surface area contributed by atoms with Crippen molar-refractivity contribution in [1.82, 2.24) is 9.88 Å². The zero-order chi connectivity index (χ0) is 16.2. The van der Waals surface area contributed by atoms with Crippen molar-refractivity contribution in [2.75, 3.05) is 13.1 Å². The molecule has 0 radical (unpaired) electrons. The number of aromatic nitrogens is 1. The first kappa shape index (κ1) is 18.0. The van der Waals surface area contributed by atoms with Crippen LogP contribution in [0.3, 0.4) is 0 Å². The largest absolute Gasteiger partial charge is 0.358 e. The summed E-state index contributed by atoms with van der Waals surface area (Å²) >= 11 is 0. The first-order chi connectivity index (χ1) is 11.9. The fourth-order valence-corrected chi connectivity index (χ4v) is 3.93. The van der Waals surface area contributed by atoms with Crippen molar-refractivity contribution in [2.24, 2.45) is 0 Å². The van der Waals surface area contributed by atoms with Crippen LogP contribution in [0.5, 0.6) is 0 Å². The Labute approximate surface area is 156 Å².